The average molecular weight is 426 g/mol. The maximum atomic E-state index is 12.8. The summed E-state index contributed by atoms with van der Waals surface area (Å²) in [6.07, 6.45) is 3.44. The Morgan fingerprint density at radius 1 is 1.24 bits per heavy atom. The summed E-state index contributed by atoms with van der Waals surface area (Å²) in [7, 11) is 0. The summed E-state index contributed by atoms with van der Waals surface area (Å²) in [4.78, 5) is 23.6. The van der Waals surface area contributed by atoms with Crippen molar-refractivity contribution in [3.63, 3.8) is 0 Å². The molecule has 8 nitrogen and oxygen atoms in total. The lowest BCUT2D eigenvalue weighted by Crippen LogP contribution is -2.43. The standard InChI is InChI=1S/C19H19N7OS2/c27-17(23-14-10-21-4-3-15(14)26-7-5-20-6-8-26)19-25-24-18(29-19)12-1-2-16-13(9-12)22-11-28-16/h1-4,9-11,18,20,24H,5-8H2,(H,23,27). The lowest BCUT2D eigenvalue weighted by molar-refractivity contribution is -0.110. The number of thiazole rings is 1. The highest BCUT2D eigenvalue weighted by Gasteiger charge is 2.27. The number of nitrogens with zero attached hydrogens (tertiary/aromatic N) is 4. The summed E-state index contributed by atoms with van der Waals surface area (Å²) in [6.45, 7) is 3.64. The second-order valence-corrected chi connectivity index (χ2v) is 8.69. The van der Waals surface area contributed by atoms with Crippen molar-refractivity contribution in [1.29, 1.82) is 0 Å². The number of carbonyl (C=O) groups excluding carboxylic acids is 1. The van der Waals surface area contributed by atoms with Gasteiger partial charge >= 0.3 is 0 Å². The number of hydrogen-bond acceptors (Lipinski definition) is 9. The van der Waals surface area contributed by atoms with Gasteiger partial charge < -0.3 is 15.5 Å². The maximum Gasteiger partial charge on any atom is 0.282 e. The summed E-state index contributed by atoms with van der Waals surface area (Å²) in [5.41, 5.74) is 8.59. The topological polar surface area (TPSA) is 94.5 Å². The zero-order chi connectivity index (χ0) is 19.6. The van der Waals surface area contributed by atoms with E-state index in [-0.39, 0.29) is 11.3 Å². The van der Waals surface area contributed by atoms with Crippen LogP contribution in [0.1, 0.15) is 10.9 Å². The van der Waals surface area contributed by atoms with Crippen LogP contribution in [0, 0.1) is 0 Å². The summed E-state index contributed by atoms with van der Waals surface area (Å²) < 4.78 is 1.15. The minimum Gasteiger partial charge on any atom is -0.367 e. The van der Waals surface area contributed by atoms with Crippen molar-refractivity contribution in [2.24, 2.45) is 5.10 Å². The van der Waals surface area contributed by atoms with Gasteiger partial charge in [-0.05, 0) is 23.8 Å². The third kappa shape index (κ3) is 3.78. The summed E-state index contributed by atoms with van der Waals surface area (Å²) >= 11 is 3.02. The van der Waals surface area contributed by atoms with Gasteiger partial charge in [-0.2, -0.15) is 5.10 Å². The second-order valence-electron chi connectivity index (χ2n) is 6.71. The highest BCUT2D eigenvalue weighted by atomic mass is 32.2. The molecule has 29 heavy (non-hydrogen) atoms. The number of nitrogens with one attached hydrogen (secondary N) is 3. The number of anilines is 2. The largest absolute Gasteiger partial charge is 0.367 e. The molecule has 0 bridgehead atoms. The van der Waals surface area contributed by atoms with Gasteiger partial charge in [0.25, 0.3) is 5.91 Å². The van der Waals surface area contributed by atoms with E-state index >= 15 is 0 Å². The molecule has 0 radical (unpaired) electrons. The lowest BCUT2D eigenvalue weighted by Gasteiger charge is -2.30. The number of rotatable bonds is 4. The van der Waals surface area contributed by atoms with Crippen LogP contribution in [0.15, 0.2) is 47.3 Å². The molecular formula is C19H19N7OS2. The Morgan fingerprint density at radius 2 is 2.14 bits per heavy atom. The molecule has 2 aliphatic heterocycles. The highest BCUT2D eigenvalue weighted by Crippen LogP contribution is 2.34. The zero-order valence-electron chi connectivity index (χ0n) is 15.5. The zero-order valence-corrected chi connectivity index (χ0v) is 17.1. The van der Waals surface area contributed by atoms with Gasteiger partial charge in [0.1, 0.15) is 5.37 Å². The summed E-state index contributed by atoms with van der Waals surface area (Å²) in [5, 5.41) is 10.9. The van der Waals surface area contributed by atoms with Gasteiger partial charge in [0.05, 0.1) is 33.3 Å². The van der Waals surface area contributed by atoms with Crippen molar-refractivity contribution in [1.82, 2.24) is 20.7 Å². The Bertz CT molecular complexity index is 1080. The maximum absolute atomic E-state index is 12.8. The predicted molar refractivity (Wildman–Crippen MR) is 118 cm³/mol. The van der Waals surface area contributed by atoms with Gasteiger partial charge in [0.15, 0.2) is 5.04 Å². The van der Waals surface area contributed by atoms with Crippen LogP contribution in [0.25, 0.3) is 10.2 Å². The quantitative estimate of drug-likeness (QED) is 0.591. The van der Waals surface area contributed by atoms with Crippen LogP contribution in [-0.2, 0) is 4.79 Å². The second kappa shape index (κ2) is 7.97. The molecule has 0 spiro atoms. The number of fused-ring (bicyclic) bond motifs is 1. The van der Waals surface area contributed by atoms with E-state index in [4.69, 9.17) is 0 Å². The molecule has 1 unspecified atom stereocenters. The smallest absolute Gasteiger partial charge is 0.282 e. The van der Waals surface area contributed by atoms with Crippen LogP contribution >= 0.6 is 23.1 Å². The Hall–Kier alpha value is -2.69. The molecule has 3 aromatic rings. The molecule has 148 valence electrons. The Labute approximate surface area is 175 Å². The monoisotopic (exact) mass is 425 g/mol. The first-order valence-corrected chi connectivity index (χ1v) is 11.1. The van der Waals surface area contributed by atoms with Crippen molar-refractivity contribution in [2.45, 2.75) is 5.37 Å². The lowest BCUT2D eigenvalue weighted by atomic mass is 10.2. The van der Waals surface area contributed by atoms with Gasteiger partial charge in [0.2, 0.25) is 0 Å². The van der Waals surface area contributed by atoms with E-state index in [9.17, 15) is 4.79 Å². The first-order chi connectivity index (χ1) is 14.3. The molecule has 0 saturated carbocycles. The number of hydrogen-bond donors (Lipinski definition) is 3. The summed E-state index contributed by atoms with van der Waals surface area (Å²) in [6, 6.07) is 8.08. The van der Waals surface area contributed by atoms with Crippen molar-refractivity contribution in [3.8, 4) is 0 Å². The summed E-state index contributed by atoms with van der Waals surface area (Å²) in [5.74, 6) is -0.232. The van der Waals surface area contributed by atoms with E-state index in [0.29, 0.717) is 10.7 Å². The molecule has 1 aromatic carbocycles. The number of pyridine rings is 1. The third-order valence-corrected chi connectivity index (χ3v) is 6.79. The van der Waals surface area contributed by atoms with E-state index in [0.717, 1.165) is 47.6 Å². The molecular weight excluding hydrogens is 406 g/mol. The van der Waals surface area contributed by atoms with Crippen molar-refractivity contribution < 1.29 is 4.79 Å². The molecule has 2 aliphatic rings. The fourth-order valence-corrected chi connectivity index (χ4v) is 4.94. The van der Waals surface area contributed by atoms with Crippen LogP contribution in [-0.4, -0.2) is 47.1 Å². The molecule has 2 aromatic heterocycles. The van der Waals surface area contributed by atoms with Gasteiger partial charge in [-0.25, -0.2) is 4.98 Å². The fraction of sp³-hybridized carbons (Fsp3) is 0.263. The van der Waals surface area contributed by atoms with Gasteiger partial charge in [0, 0.05) is 32.4 Å². The molecule has 0 aliphatic carbocycles. The van der Waals surface area contributed by atoms with Crippen molar-refractivity contribution in [3.05, 3.63) is 47.7 Å². The van der Waals surface area contributed by atoms with Crippen LogP contribution in [0.5, 0.6) is 0 Å². The Kier molecular flexibility index (Phi) is 5.04. The number of piperazine rings is 1. The molecule has 1 fully saturated rings. The first-order valence-electron chi connectivity index (χ1n) is 9.32. The normalized spacial score (nSPS) is 19.1. The van der Waals surface area contributed by atoms with Gasteiger partial charge in [-0.15, -0.1) is 11.3 Å². The van der Waals surface area contributed by atoms with Crippen molar-refractivity contribution >= 4 is 55.6 Å². The van der Waals surface area contributed by atoms with Gasteiger partial charge in [-0.3, -0.25) is 15.2 Å². The highest BCUT2D eigenvalue weighted by molar-refractivity contribution is 8.16. The Morgan fingerprint density at radius 3 is 3.03 bits per heavy atom. The molecule has 10 heteroatoms. The van der Waals surface area contributed by atoms with Crippen molar-refractivity contribution in [2.75, 3.05) is 36.4 Å². The van der Waals surface area contributed by atoms with Crippen LogP contribution in [0.3, 0.4) is 0 Å². The molecule has 4 heterocycles. The van der Waals surface area contributed by atoms with Crippen LogP contribution in [0.4, 0.5) is 11.4 Å². The van der Waals surface area contributed by atoms with E-state index in [2.05, 4.69) is 42.1 Å². The van der Waals surface area contributed by atoms with E-state index in [1.807, 2.05) is 23.7 Å². The number of amides is 1. The van der Waals surface area contributed by atoms with E-state index in [1.165, 1.54) is 11.8 Å². The third-order valence-electron chi connectivity index (χ3n) is 4.87. The average Bonchev–Trinajstić information content (AvgIpc) is 3.44. The molecule has 1 atom stereocenters. The first kappa shape index (κ1) is 18.3. The Balaban J connectivity index is 1.28. The van der Waals surface area contributed by atoms with Crippen LogP contribution < -0.4 is 21.0 Å². The van der Waals surface area contributed by atoms with E-state index < -0.39 is 0 Å². The number of aromatic nitrogens is 2. The van der Waals surface area contributed by atoms with E-state index in [1.54, 1.807) is 23.7 Å². The SMILES string of the molecule is O=C(Nc1cnccc1N1CCNCC1)C1=NNC(c2ccc3scnc3c2)S1. The predicted octanol–water partition coefficient (Wildman–Crippen LogP) is 2.39. The van der Waals surface area contributed by atoms with Gasteiger partial charge in [-0.1, -0.05) is 17.8 Å². The number of hydrazone groups is 1. The fourth-order valence-electron chi connectivity index (χ4n) is 3.41. The molecule has 1 saturated heterocycles. The molecule has 1 amide bonds. The number of benzene rings is 1. The number of thioether (sulfide) groups is 1. The molecule has 3 N–H and O–H groups in total. The molecule has 5 rings (SSSR count). The minimum atomic E-state index is -0.232. The van der Waals surface area contributed by atoms with Crippen LogP contribution in [0.2, 0.25) is 0 Å². The number of carbonyl (C=O) groups is 1. The minimum absolute atomic E-state index is 0.108.